The maximum Gasteiger partial charge on any atom is 0.195 e. The monoisotopic (exact) mass is 1160 g/mol. The first-order valence-corrected chi connectivity index (χ1v) is 31.6. The summed E-state index contributed by atoms with van der Waals surface area (Å²) in [6.07, 6.45) is 6.45. The van der Waals surface area contributed by atoms with E-state index in [1.165, 1.54) is 60.8 Å². The lowest BCUT2D eigenvalue weighted by Gasteiger charge is -2.39. The van der Waals surface area contributed by atoms with E-state index in [2.05, 4.69) is 280 Å². The van der Waals surface area contributed by atoms with Crippen molar-refractivity contribution in [3.8, 4) is 62.0 Å². The predicted octanol–water partition coefficient (Wildman–Crippen LogP) is 22.4. The summed E-state index contributed by atoms with van der Waals surface area (Å²) in [5.41, 5.74) is 23.8. The highest BCUT2D eigenvalue weighted by Gasteiger charge is 2.36. The summed E-state index contributed by atoms with van der Waals surface area (Å²) < 4.78 is 2.32. The smallest absolute Gasteiger partial charge is 0.195 e. The fraction of sp³-hybridized carbons (Fsp3) is 0.265. The molecule has 6 nitrogen and oxygen atoms in total. The Hall–Kier alpha value is -9.49. The molecule has 0 amide bonds. The number of hydrogen-bond donors (Lipinski definition) is 0. The number of pyridine rings is 3. The zero-order valence-electron chi connectivity index (χ0n) is 53.6. The van der Waals surface area contributed by atoms with Crippen molar-refractivity contribution in [3.63, 3.8) is 0 Å². The molecule has 1 fully saturated rings. The largest absolute Gasteiger partial charge is 0.292 e. The zero-order valence-corrected chi connectivity index (χ0v) is 53.6. The van der Waals surface area contributed by atoms with Gasteiger partial charge in [0.1, 0.15) is 5.65 Å². The average molecular weight is 1160 g/mol. The van der Waals surface area contributed by atoms with Crippen LogP contribution >= 0.6 is 0 Å². The van der Waals surface area contributed by atoms with E-state index in [-0.39, 0.29) is 39.4 Å². The molecule has 0 N–H and O–H groups in total. The molecule has 3 unspecified atom stereocenters. The second-order valence-electron chi connectivity index (χ2n) is 29.1. The Labute approximate surface area is 525 Å². The van der Waals surface area contributed by atoms with Crippen LogP contribution in [0.5, 0.6) is 0 Å². The van der Waals surface area contributed by atoms with Crippen LogP contribution in [-0.4, -0.2) is 19.4 Å². The van der Waals surface area contributed by atoms with Crippen molar-refractivity contribution >= 4 is 44.0 Å². The minimum absolute atomic E-state index is 0.0539. The van der Waals surface area contributed by atoms with Crippen molar-refractivity contribution in [2.75, 3.05) is 0 Å². The number of hydrogen-bond acceptors (Lipinski definition) is 4. The van der Waals surface area contributed by atoms with Gasteiger partial charge >= 0.3 is 0 Å². The fourth-order valence-corrected chi connectivity index (χ4v) is 14.0. The maximum atomic E-state index is 11.3. The molecule has 0 aliphatic heterocycles. The molecule has 0 bridgehead atoms. The third kappa shape index (κ3) is 11.0. The lowest BCUT2D eigenvalue weighted by atomic mass is 9.65. The second kappa shape index (κ2) is 22.3. The molecule has 89 heavy (non-hydrogen) atoms. The fourth-order valence-electron chi connectivity index (χ4n) is 14.0. The molecule has 1 saturated carbocycles. The summed E-state index contributed by atoms with van der Waals surface area (Å²) in [7, 11) is 0. The standard InChI is InChI=1S/C83H78N6/c1-80(2,3)58-29-34-64(71(46-58)66-31-27-52(40-57(66)50-84)74-48-60(36-38-86-74)82(7,8)9)55-41-54(63-21-15-14-20-62(63)51-26-33-69-70(44-51)68-22-16-18-24-77(68)89-78-25-19-17-23-73(78)88-79(69)89)42-56(43-55)65-35-30-59(81(4,5)6)47-72(65)67-32-28-53(45-76(67)85-13)75-49-61(37-39-87-75)83(10,11)12/h14-40,44-49,54-56H,41-43H2,1-12H3. The van der Waals surface area contributed by atoms with Gasteiger partial charge in [-0.15, -0.1) is 0 Å². The Balaban J connectivity index is 0.998. The first-order chi connectivity index (χ1) is 42.5. The van der Waals surface area contributed by atoms with Gasteiger partial charge in [-0.3, -0.25) is 14.4 Å². The summed E-state index contributed by atoms with van der Waals surface area (Å²) >= 11 is 0. The minimum atomic E-state index is -0.152. The molecule has 12 aromatic rings. The van der Waals surface area contributed by atoms with Gasteiger partial charge in [0.15, 0.2) is 5.69 Å². The number of nitriles is 1. The van der Waals surface area contributed by atoms with Crippen LogP contribution in [0.25, 0.3) is 99.1 Å². The summed E-state index contributed by atoms with van der Waals surface area (Å²) in [5.74, 6) is 0.280. The van der Waals surface area contributed by atoms with Gasteiger partial charge in [0.2, 0.25) is 0 Å². The van der Waals surface area contributed by atoms with E-state index in [0.717, 1.165) is 91.6 Å². The van der Waals surface area contributed by atoms with Gasteiger partial charge in [-0.1, -0.05) is 204 Å². The number of imidazole rings is 1. The van der Waals surface area contributed by atoms with Crippen LogP contribution in [0.2, 0.25) is 0 Å². The van der Waals surface area contributed by atoms with Crippen LogP contribution in [0.3, 0.4) is 0 Å². The van der Waals surface area contributed by atoms with Crippen LogP contribution in [0.4, 0.5) is 5.69 Å². The normalized spacial score (nSPS) is 15.8. The topological polar surface area (TPSA) is 71.2 Å². The lowest BCUT2D eigenvalue weighted by Crippen LogP contribution is -2.22. The number of rotatable bonds is 8. The van der Waals surface area contributed by atoms with E-state index in [9.17, 15) is 5.26 Å². The highest BCUT2D eigenvalue weighted by molar-refractivity contribution is 6.15. The number of benzene rings is 8. The molecule has 3 atom stereocenters. The molecule has 4 aromatic heterocycles. The molecule has 13 rings (SSSR count). The van der Waals surface area contributed by atoms with Crippen LogP contribution in [0.15, 0.2) is 200 Å². The van der Waals surface area contributed by atoms with E-state index in [0.29, 0.717) is 11.3 Å². The maximum absolute atomic E-state index is 11.3. The van der Waals surface area contributed by atoms with Crippen molar-refractivity contribution in [1.29, 1.82) is 5.26 Å². The summed E-state index contributed by atoms with van der Waals surface area (Å²) in [4.78, 5) is 19.3. The number of fused-ring (bicyclic) bond motifs is 8. The molecule has 0 spiro atoms. The lowest BCUT2D eigenvalue weighted by molar-refractivity contribution is 0.352. The Morgan fingerprint density at radius 2 is 0.921 bits per heavy atom. The van der Waals surface area contributed by atoms with E-state index in [1.54, 1.807) is 0 Å². The van der Waals surface area contributed by atoms with Crippen LogP contribution in [0.1, 0.15) is 165 Å². The van der Waals surface area contributed by atoms with E-state index in [1.807, 2.05) is 18.5 Å². The van der Waals surface area contributed by atoms with Crippen molar-refractivity contribution in [3.05, 3.63) is 256 Å². The van der Waals surface area contributed by atoms with E-state index in [4.69, 9.17) is 21.5 Å². The number of nitrogens with zero attached hydrogens (tertiary/aromatic N) is 6. The summed E-state index contributed by atoms with van der Waals surface area (Å²) in [6, 6.07) is 71.6. The Kier molecular flexibility index (Phi) is 14.6. The van der Waals surface area contributed by atoms with Gasteiger partial charge in [0, 0.05) is 28.7 Å². The first kappa shape index (κ1) is 58.5. The Morgan fingerprint density at radius 3 is 1.51 bits per heavy atom. The molecule has 6 heteroatoms. The van der Waals surface area contributed by atoms with Crippen LogP contribution < -0.4 is 0 Å². The van der Waals surface area contributed by atoms with Gasteiger partial charge in [0.05, 0.1) is 46.1 Å². The highest BCUT2D eigenvalue weighted by Crippen LogP contribution is 2.54. The van der Waals surface area contributed by atoms with Crippen molar-refractivity contribution in [1.82, 2.24) is 19.4 Å². The van der Waals surface area contributed by atoms with E-state index < -0.39 is 0 Å². The SMILES string of the molecule is [C-]#[N+]c1cc(-c2cc(C(C)(C)C)ccn2)ccc1-c1cc(C(C)(C)C)ccc1C1CC(c2ccccc2-c2ccc3c(c2)c2ccccc2n2c4ccccc4nc32)CC(c2ccc(C(C)(C)C)cc2-c2ccc(-c3cc(C(C)(C)C)ccn3)cc2C#N)C1. The summed E-state index contributed by atoms with van der Waals surface area (Å²) in [5, 5.41) is 14.8. The molecule has 1 aliphatic rings. The third-order valence-corrected chi connectivity index (χ3v) is 19.1. The van der Waals surface area contributed by atoms with Crippen LogP contribution in [-0.2, 0) is 21.7 Å². The minimum Gasteiger partial charge on any atom is -0.292 e. The Bertz CT molecular complexity index is 4670. The quantitative estimate of drug-likeness (QED) is 0.112. The molecular weight excluding hydrogens is 1080 g/mol. The molecule has 0 saturated heterocycles. The highest BCUT2D eigenvalue weighted by atomic mass is 15.0. The Morgan fingerprint density at radius 1 is 0.427 bits per heavy atom. The van der Waals surface area contributed by atoms with Gasteiger partial charge in [-0.25, -0.2) is 9.83 Å². The molecular formula is C83H78N6. The zero-order chi connectivity index (χ0) is 62.3. The molecule has 1 aliphatic carbocycles. The molecule has 8 aromatic carbocycles. The number of para-hydroxylation sites is 3. The molecule has 4 heterocycles. The van der Waals surface area contributed by atoms with Gasteiger partial charge in [-0.05, 0) is 209 Å². The van der Waals surface area contributed by atoms with Gasteiger partial charge in [-0.2, -0.15) is 5.26 Å². The average Bonchev–Trinajstić information content (AvgIpc) is 1.70. The first-order valence-electron chi connectivity index (χ1n) is 31.6. The number of aromatic nitrogens is 4. The van der Waals surface area contributed by atoms with Crippen molar-refractivity contribution in [2.24, 2.45) is 0 Å². The van der Waals surface area contributed by atoms with Gasteiger partial charge in [0.25, 0.3) is 0 Å². The van der Waals surface area contributed by atoms with E-state index >= 15 is 0 Å². The van der Waals surface area contributed by atoms with Gasteiger partial charge < -0.3 is 0 Å². The summed E-state index contributed by atoms with van der Waals surface area (Å²) in [6.45, 7) is 35.9. The predicted molar refractivity (Wildman–Crippen MR) is 371 cm³/mol. The third-order valence-electron chi connectivity index (χ3n) is 19.1. The van der Waals surface area contributed by atoms with Crippen molar-refractivity contribution in [2.45, 2.75) is 142 Å². The van der Waals surface area contributed by atoms with Crippen molar-refractivity contribution < 1.29 is 0 Å². The molecule has 0 radical (unpaired) electrons. The second-order valence-corrected chi connectivity index (χ2v) is 29.1. The van der Waals surface area contributed by atoms with Crippen LogP contribution in [0, 0.1) is 17.9 Å². The molecule has 440 valence electrons.